The summed E-state index contributed by atoms with van der Waals surface area (Å²) in [7, 11) is 0. The second kappa shape index (κ2) is 7.13. The lowest BCUT2D eigenvalue weighted by molar-refractivity contribution is -0.137. The van der Waals surface area contributed by atoms with Crippen molar-refractivity contribution in [3.8, 4) is 0 Å². The van der Waals surface area contributed by atoms with E-state index in [-0.39, 0.29) is 11.4 Å². The molecule has 1 amide bonds. The standard InChI is InChI=1S/C18H18F3N3O/c19-18(20,21)12-4-3-7-14(10-12)24-17(25)16-9-8-15(11-22-16)23-13-5-1-2-6-13/h3-4,7-11,13,23H,1-2,5-6H2,(H,24,25). The van der Waals surface area contributed by atoms with Crippen LogP contribution in [0.15, 0.2) is 42.6 Å². The van der Waals surface area contributed by atoms with Gasteiger partial charge in [-0.1, -0.05) is 18.9 Å². The van der Waals surface area contributed by atoms with Crippen molar-refractivity contribution in [1.82, 2.24) is 4.98 Å². The van der Waals surface area contributed by atoms with Crippen LogP contribution >= 0.6 is 0 Å². The SMILES string of the molecule is O=C(Nc1cccc(C(F)(F)F)c1)c1ccc(NC2CCCC2)cn1. The van der Waals surface area contributed by atoms with Crippen LogP contribution in [0.2, 0.25) is 0 Å². The van der Waals surface area contributed by atoms with E-state index in [1.165, 1.54) is 25.0 Å². The maximum absolute atomic E-state index is 12.7. The maximum Gasteiger partial charge on any atom is 0.416 e. The molecule has 2 aromatic rings. The molecule has 4 nitrogen and oxygen atoms in total. The first-order valence-corrected chi connectivity index (χ1v) is 8.13. The second-order valence-corrected chi connectivity index (χ2v) is 6.09. The van der Waals surface area contributed by atoms with Gasteiger partial charge in [-0.2, -0.15) is 13.2 Å². The van der Waals surface area contributed by atoms with Crippen LogP contribution < -0.4 is 10.6 Å². The molecule has 0 radical (unpaired) electrons. The van der Waals surface area contributed by atoms with Crippen LogP contribution in [-0.2, 0) is 6.18 Å². The highest BCUT2D eigenvalue weighted by molar-refractivity contribution is 6.03. The molecule has 1 aliphatic rings. The molecular weight excluding hydrogens is 331 g/mol. The van der Waals surface area contributed by atoms with Gasteiger partial charge in [0.1, 0.15) is 5.69 Å². The van der Waals surface area contributed by atoms with Crippen molar-refractivity contribution in [2.24, 2.45) is 0 Å². The molecule has 0 atom stereocenters. The highest BCUT2D eigenvalue weighted by Gasteiger charge is 2.30. The number of aromatic nitrogens is 1. The molecule has 0 bridgehead atoms. The summed E-state index contributed by atoms with van der Waals surface area (Å²) in [5.74, 6) is -0.549. The molecule has 0 spiro atoms. The van der Waals surface area contributed by atoms with Gasteiger partial charge < -0.3 is 10.6 Å². The van der Waals surface area contributed by atoms with Crippen LogP contribution in [0.4, 0.5) is 24.5 Å². The van der Waals surface area contributed by atoms with Crippen molar-refractivity contribution in [3.63, 3.8) is 0 Å². The van der Waals surface area contributed by atoms with Crippen molar-refractivity contribution in [2.75, 3.05) is 10.6 Å². The topological polar surface area (TPSA) is 54.0 Å². The van der Waals surface area contributed by atoms with Gasteiger partial charge in [0.05, 0.1) is 17.4 Å². The molecular formula is C18H18F3N3O. The Labute approximate surface area is 143 Å². The monoisotopic (exact) mass is 349 g/mol. The summed E-state index contributed by atoms with van der Waals surface area (Å²) in [6.45, 7) is 0. The minimum absolute atomic E-state index is 0.0785. The van der Waals surface area contributed by atoms with E-state index in [9.17, 15) is 18.0 Å². The summed E-state index contributed by atoms with van der Waals surface area (Å²) in [4.78, 5) is 16.2. The number of benzene rings is 1. The van der Waals surface area contributed by atoms with E-state index >= 15 is 0 Å². The molecule has 0 aliphatic heterocycles. The first-order chi connectivity index (χ1) is 11.9. The zero-order chi connectivity index (χ0) is 17.9. The molecule has 0 unspecified atom stereocenters. The van der Waals surface area contributed by atoms with Gasteiger partial charge in [0.25, 0.3) is 5.91 Å². The molecule has 0 saturated heterocycles. The normalized spacial score (nSPS) is 15.2. The number of alkyl halides is 3. The van der Waals surface area contributed by atoms with E-state index in [1.807, 2.05) is 0 Å². The molecule has 1 heterocycles. The summed E-state index contributed by atoms with van der Waals surface area (Å²) in [5, 5.41) is 5.80. The number of carbonyl (C=O) groups is 1. The maximum atomic E-state index is 12.7. The van der Waals surface area contributed by atoms with E-state index in [0.717, 1.165) is 30.7 Å². The minimum atomic E-state index is -4.45. The number of carbonyl (C=O) groups excluding carboxylic acids is 1. The highest BCUT2D eigenvalue weighted by Crippen LogP contribution is 2.30. The largest absolute Gasteiger partial charge is 0.416 e. The Bertz CT molecular complexity index is 738. The zero-order valence-electron chi connectivity index (χ0n) is 13.4. The van der Waals surface area contributed by atoms with Gasteiger partial charge in [-0.05, 0) is 43.2 Å². The van der Waals surface area contributed by atoms with E-state index in [1.54, 1.807) is 18.3 Å². The van der Waals surface area contributed by atoms with Crippen molar-refractivity contribution < 1.29 is 18.0 Å². The fraction of sp³-hybridized carbons (Fsp3) is 0.333. The number of pyridine rings is 1. The molecule has 25 heavy (non-hydrogen) atoms. The lowest BCUT2D eigenvalue weighted by Gasteiger charge is -2.13. The van der Waals surface area contributed by atoms with Crippen LogP contribution in [0.1, 0.15) is 41.7 Å². The molecule has 1 aromatic heterocycles. The second-order valence-electron chi connectivity index (χ2n) is 6.09. The van der Waals surface area contributed by atoms with Crippen molar-refractivity contribution in [1.29, 1.82) is 0 Å². The lowest BCUT2D eigenvalue weighted by Crippen LogP contribution is -2.16. The van der Waals surface area contributed by atoms with E-state index in [2.05, 4.69) is 15.6 Å². The quantitative estimate of drug-likeness (QED) is 0.841. The third-order valence-electron chi connectivity index (χ3n) is 4.17. The first kappa shape index (κ1) is 17.3. The number of nitrogens with one attached hydrogen (secondary N) is 2. The molecule has 132 valence electrons. The van der Waals surface area contributed by atoms with Gasteiger partial charge in [0, 0.05) is 11.7 Å². The Morgan fingerprint density at radius 2 is 1.84 bits per heavy atom. The Morgan fingerprint density at radius 1 is 1.08 bits per heavy atom. The molecule has 3 rings (SSSR count). The van der Waals surface area contributed by atoms with Crippen molar-refractivity contribution >= 4 is 17.3 Å². The number of nitrogens with zero attached hydrogens (tertiary/aromatic N) is 1. The van der Waals surface area contributed by atoms with Crippen LogP contribution in [0.25, 0.3) is 0 Å². The van der Waals surface area contributed by atoms with Gasteiger partial charge in [-0.3, -0.25) is 4.79 Å². The third kappa shape index (κ3) is 4.49. The summed E-state index contributed by atoms with van der Waals surface area (Å²) in [5.41, 5.74) is 0.251. The summed E-state index contributed by atoms with van der Waals surface area (Å²) < 4.78 is 38.1. The third-order valence-corrected chi connectivity index (χ3v) is 4.17. The van der Waals surface area contributed by atoms with Crippen LogP contribution in [0.5, 0.6) is 0 Å². The fourth-order valence-corrected chi connectivity index (χ4v) is 2.89. The van der Waals surface area contributed by atoms with Crippen LogP contribution in [-0.4, -0.2) is 16.9 Å². The summed E-state index contributed by atoms with van der Waals surface area (Å²) in [6.07, 6.45) is 1.78. The van der Waals surface area contributed by atoms with Crippen molar-refractivity contribution in [2.45, 2.75) is 37.9 Å². The number of rotatable bonds is 4. The van der Waals surface area contributed by atoms with Gasteiger partial charge in [0.15, 0.2) is 0 Å². The highest BCUT2D eigenvalue weighted by atomic mass is 19.4. The molecule has 1 aliphatic carbocycles. The van der Waals surface area contributed by atoms with Gasteiger partial charge in [-0.25, -0.2) is 4.98 Å². The number of amides is 1. The predicted octanol–water partition coefficient (Wildman–Crippen LogP) is 4.71. The first-order valence-electron chi connectivity index (χ1n) is 8.13. The Hall–Kier alpha value is -2.57. The summed E-state index contributed by atoms with van der Waals surface area (Å²) in [6, 6.07) is 8.26. The summed E-state index contributed by atoms with van der Waals surface area (Å²) >= 11 is 0. The van der Waals surface area contributed by atoms with Gasteiger partial charge >= 0.3 is 6.18 Å². The molecule has 2 N–H and O–H groups in total. The van der Waals surface area contributed by atoms with Crippen LogP contribution in [0.3, 0.4) is 0 Å². The Morgan fingerprint density at radius 3 is 2.48 bits per heavy atom. The average molecular weight is 349 g/mol. The van der Waals surface area contributed by atoms with Gasteiger partial charge in [0.2, 0.25) is 0 Å². The van der Waals surface area contributed by atoms with Crippen LogP contribution in [0, 0.1) is 0 Å². The molecule has 1 fully saturated rings. The number of halogens is 3. The number of anilines is 2. The smallest absolute Gasteiger partial charge is 0.381 e. The average Bonchev–Trinajstić information content (AvgIpc) is 3.08. The Kier molecular flexibility index (Phi) is 4.92. The Balaban J connectivity index is 1.65. The molecule has 1 aromatic carbocycles. The van der Waals surface area contributed by atoms with Crippen molar-refractivity contribution in [3.05, 3.63) is 53.9 Å². The lowest BCUT2D eigenvalue weighted by atomic mass is 10.2. The number of hydrogen-bond donors (Lipinski definition) is 2. The zero-order valence-corrected chi connectivity index (χ0v) is 13.4. The van der Waals surface area contributed by atoms with Gasteiger partial charge in [-0.15, -0.1) is 0 Å². The van der Waals surface area contributed by atoms with E-state index in [4.69, 9.17) is 0 Å². The predicted molar refractivity (Wildman–Crippen MR) is 89.5 cm³/mol. The molecule has 1 saturated carbocycles. The van der Waals surface area contributed by atoms with E-state index in [0.29, 0.717) is 6.04 Å². The fourth-order valence-electron chi connectivity index (χ4n) is 2.89. The van der Waals surface area contributed by atoms with E-state index < -0.39 is 17.6 Å². The number of hydrogen-bond acceptors (Lipinski definition) is 3. The molecule has 7 heteroatoms. The minimum Gasteiger partial charge on any atom is -0.381 e.